The Morgan fingerprint density at radius 1 is 0.929 bits per heavy atom. The fourth-order valence-electron chi connectivity index (χ4n) is 3.01. The Bertz CT molecular complexity index is 819. The van der Waals surface area contributed by atoms with Crippen molar-refractivity contribution in [1.29, 1.82) is 0 Å². The van der Waals surface area contributed by atoms with Gasteiger partial charge in [0.25, 0.3) is 0 Å². The second-order valence-electron chi connectivity index (χ2n) is 6.12. The Balaban J connectivity index is 2.57. The third kappa shape index (κ3) is 5.12. The summed E-state index contributed by atoms with van der Waals surface area (Å²) in [6.45, 7) is 9.43. The molecule has 2 rings (SSSR count). The third-order valence-electron chi connectivity index (χ3n) is 4.09. The van der Waals surface area contributed by atoms with E-state index in [0.717, 1.165) is 16.9 Å². The van der Waals surface area contributed by atoms with Crippen LogP contribution in [-0.2, 0) is 33.6 Å². The Kier molecular flexibility index (Phi) is 8.44. The molecule has 8 nitrogen and oxygen atoms in total. The molecule has 0 saturated carbocycles. The minimum atomic E-state index is -3.80. The number of fused-ring (bicyclic) bond motifs is 1. The van der Waals surface area contributed by atoms with Gasteiger partial charge in [0, 0.05) is 24.5 Å². The number of imidazole rings is 1. The summed E-state index contributed by atoms with van der Waals surface area (Å²) >= 11 is 0. The first-order chi connectivity index (χ1) is 13.3. The third-order valence-corrected chi connectivity index (χ3v) is 10.1. The SMILES string of the molecule is CCOP(=O)(OCC)C(Cc1cnc2ccc(C)cn12)P(=O)(OCC)OCC. The van der Waals surface area contributed by atoms with E-state index in [9.17, 15) is 9.13 Å². The molecular formula is C18H30N2O6P2. The summed E-state index contributed by atoms with van der Waals surface area (Å²) in [7, 11) is -7.59. The number of hydrogen-bond acceptors (Lipinski definition) is 7. The van der Waals surface area contributed by atoms with Crippen molar-refractivity contribution in [3.8, 4) is 0 Å². The lowest BCUT2D eigenvalue weighted by Gasteiger charge is -2.31. The topological polar surface area (TPSA) is 88.4 Å². The van der Waals surface area contributed by atoms with Gasteiger partial charge in [-0.2, -0.15) is 0 Å². The normalized spacial score (nSPS) is 12.9. The van der Waals surface area contributed by atoms with Gasteiger partial charge in [-0.3, -0.25) is 9.13 Å². The van der Waals surface area contributed by atoms with Crippen LogP contribution < -0.4 is 0 Å². The minimum Gasteiger partial charge on any atom is -0.308 e. The fraction of sp³-hybridized carbons (Fsp3) is 0.611. The van der Waals surface area contributed by atoms with E-state index in [1.807, 2.05) is 29.7 Å². The second-order valence-corrected chi connectivity index (χ2v) is 11.0. The summed E-state index contributed by atoms with van der Waals surface area (Å²) in [5.74, 6) is 0. The molecule has 0 aliphatic carbocycles. The zero-order valence-electron chi connectivity index (χ0n) is 17.2. The number of nitrogens with zero attached hydrogens (tertiary/aromatic N) is 2. The first-order valence-electron chi connectivity index (χ1n) is 9.53. The van der Waals surface area contributed by atoms with Crippen molar-refractivity contribution in [3.05, 3.63) is 35.8 Å². The van der Waals surface area contributed by atoms with Crippen molar-refractivity contribution in [2.75, 3.05) is 26.4 Å². The molecule has 0 fully saturated rings. The summed E-state index contributed by atoms with van der Waals surface area (Å²) < 4.78 is 51.3. The molecule has 0 unspecified atom stereocenters. The number of aromatic nitrogens is 2. The molecule has 28 heavy (non-hydrogen) atoms. The molecule has 2 aromatic heterocycles. The quantitative estimate of drug-likeness (QED) is 0.434. The minimum absolute atomic E-state index is 0.110. The molecule has 0 atom stereocenters. The highest BCUT2D eigenvalue weighted by Crippen LogP contribution is 2.71. The van der Waals surface area contributed by atoms with Gasteiger partial charge < -0.3 is 22.5 Å². The Morgan fingerprint density at radius 2 is 1.43 bits per heavy atom. The van der Waals surface area contributed by atoms with Crippen LogP contribution in [0.25, 0.3) is 5.65 Å². The molecule has 158 valence electrons. The highest BCUT2D eigenvalue weighted by molar-refractivity contribution is 7.72. The Morgan fingerprint density at radius 3 is 1.89 bits per heavy atom. The van der Waals surface area contributed by atoms with E-state index in [1.165, 1.54) is 0 Å². The monoisotopic (exact) mass is 432 g/mol. The van der Waals surface area contributed by atoms with Crippen LogP contribution in [0.3, 0.4) is 0 Å². The van der Waals surface area contributed by atoms with Crippen LogP contribution in [-0.4, -0.2) is 41.2 Å². The van der Waals surface area contributed by atoms with Gasteiger partial charge in [-0.1, -0.05) is 6.07 Å². The Labute approximate surface area is 166 Å². The van der Waals surface area contributed by atoms with Gasteiger partial charge in [-0.15, -0.1) is 0 Å². The Hall–Kier alpha value is -1.01. The standard InChI is InChI=1S/C18H30N2O6P2/c1-6-23-27(21,24-7-2)18(28(22,25-8-3)26-9-4)12-16-13-19-17-11-10-15(5)14-20(16)17/h10-11,13-14,18H,6-9,12H2,1-5H3. The predicted octanol–water partition coefficient (Wildman–Crippen LogP) is 5.04. The maximum absolute atomic E-state index is 13.6. The van der Waals surface area contributed by atoms with Gasteiger partial charge in [0.2, 0.25) is 0 Å². The summed E-state index contributed by atoms with van der Waals surface area (Å²) in [5.41, 5.74) is 2.51. The smallest absolute Gasteiger partial charge is 0.308 e. The van der Waals surface area contributed by atoms with Crippen molar-refractivity contribution in [3.63, 3.8) is 0 Å². The summed E-state index contributed by atoms with van der Waals surface area (Å²) in [4.78, 5) is 4.38. The molecule has 2 aromatic rings. The second kappa shape index (κ2) is 10.1. The molecular weight excluding hydrogens is 402 g/mol. The molecule has 0 spiro atoms. The predicted molar refractivity (Wildman–Crippen MR) is 109 cm³/mol. The molecule has 0 N–H and O–H groups in total. The zero-order valence-corrected chi connectivity index (χ0v) is 18.9. The number of rotatable bonds is 12. The van der Waals surface area contributed by atoms with E-state index in [0.29, 0.717) is 0 Å². The maximum atomic E-state index is 13.6. The van der Waals surface area contributed by atoms with E-state index in [-0.39, 0.29) is 32.8 Å². The summed E-state index contributed by atoms with van der Waals surface area (Å²) in [6, 6.07) is 3.85. The lowest BCUT2D eigenvalue weighted by atomic mass is 10.3. The van der Waals surface area contributed by atoms with E-state index in [1.54, 1.807) is 33.9 Å². The molecule has 0 aromatic carbocycles. The lowest BCUT2D eigenvalue weighted by Crippen LogP contribution is -2.21. The van der Waals surface area contributed by atoms with E-state index in [2.05, 4.69) is 4.98 Å². The summed E-state index contributed by atoms with van der Waals surface area (Å²) in [6.07, 6.45) is 3.71. The van der Waals surface area contributed by atoms with Crippen LogP contribution >= 0.6 is 15.2 Å². The van der Waals surface area contributed by atoms with Crippen LogP contribution in [0.5, 0.6) is 0 Å². The maximum Gasteiger partial charge on any atom is 0.346 e. The first-order valence-corrected chi connectivity index (χ1v) is 12.8. The molecule has 2 heterocycles. The highest BCUT2D eigenvalue weighted by Gasteiger charge is 2.51. The lowest BCUT2D eigenvalue weighted by molar-refractivity contribution is 0.194. The van der Waals surface area contributed by atoms with E-state index >= 15 is 0 Å². The van der Waals surface area contributed by atoms with Gasteiger partial charge >= 0.3 is 15.2 Å². The van der Waals surface area contributed by atoms with Gasteiger partial charge in [-0.25, -0.2) is 4.98 Å². The van der Waals surface area contributed by atoms with Crippen LogP contribution in [0.2, 0.25) is 0 Å². The van der Waals surface area contributed by atoms with Crippen molar-refractivity contribution < 1.29 is 27.2 Å². The van der Waals surface area contributed by atoms with E-state index < -0.39 is 20.6 Å². The van der Waals surface area contributed by atoms with Gasteiger partial charge in [-0.05, 0) is 46.2 Å². The number of pyridine rings is 1. The van der Waals surface area contributed by atoms with Gasteiger partial charge in [0.15, 0.2) is 5.40 Å². The molecule has 0 radical (unpaired) electrons. The summed E-state index contributed by atoms with van der Waals surface area (Å²) in [5, 5.41) is -1.10. The molecule has 0 saturated heterocycles. The van der Waals surface area contributed by atoms with E-state index in [4.69, 9.17) is 18.1 Å². The highest BCUT2D eigenvalue weighted by atomic mass is 31.2. The first kappa shape index (κ1) is 23.3. The van der Waals surface area contributed by atoms with Crippen molar-refractivity contribution in [1.82, 2.24) is 9.38 Å². The zero-order chi connectivity index (χ0) is 20.8. The van der Waals surface area contributed by atoms with Crippen molar-refractivity contribution >= 4 is 20.8 Å². The van der Waals surface area contributed by atoms with Crippen molar-refractivity contribution in [2.45, 2.75) is 46.4 Å². The fourth-order valence-corrected chi connectivity index (χ4v) is 8.29. The van der Waals surface area contributed by atoms with Crippen molar-refractivity contribution in [2.24, 2.45) is 0 Å². The van der Waals surface area contributed by atoms with Gasteiger partial charge in [0.1, 0.15) is 5.65 Å². The molecule has 0 aliphatic rings. The molecule has 10 heteroatoms. The van der Waals surface area contributed by atoms with Crippen LogP contribution in [0.15, 0.2) is 24.5 Å². The molecule has 0 amide bonds. The van der Waals surface area contributed by atoms with Crippen LogP contribution in [0.1, 0.15) is 39.0 Å². The number of aryl methyl sites for hydroxylation is 1. The number of hydrogen-bond donors (Lipinski definition) is 0. The average molecular weight is 432 g/mol. The average Bonchev–Trinajstić information content (AvgIpc) is 3.02. The van der Waals surface area contributed by atoms with Gasteiger partial charge in [0.05, 0.1) is 26.4 Å². The van der Waals surface area contributed by atoms with Crippen LogP contribution in [0.4, 0.5) is 0 Å². The molecule has 0 bridgehead atoms. The largest absolute Gasteiger partial charge is 0.346 e. The van der Waals surface area contributed by atoms with Crippen LogP contribution in [0, 0.1) is 6.92 Å². The molecule has 0 aliphatic heterocycles.